The van der Waals surface area contributed by atoms with Crippen molar-refractivity contribution in [2.45, 2.75) is 30.5 Å². The highest BCUT2D eigenvalue weighted by atomic mass is 32.1. The van der Waals surface area contributed by atoms with E-state index in [2.05, 4.69) is 16.9 Å². The van der Waals surface area contributed by atoms with E-state index >= 15 is 0 Å². The maximum atomic E-state index is 14.1. The van der Waals surface area contributed by atoms with Crippen molar-refractivity contribution in [1.82, 2.24) is 15.2 Å². The van der Waals surface area contributed by atoms with Crippen LogP contribution in [0.15, 0.2) is 73.6 Å². The van der Waals surface area contributed by atoms with Gasteiger partial charge in [-0.3, -0.25) is 19.4 Å². The summed E-state index contributed by atoms with van der Waals surface area (Å²) >= 11 is 1.21. The lowest BCUT2D eigenvalue weighted by molar-refractivity contribution is -0.127. The molecule has 41 heavy (non-hydrogen) atoms. The van der Waals surface area contributed by atoms with Gasteiger partial charge < -0.3 is 27.4 Å². The smallest absolute Gasteiger partial charge is 0.262 e. The van der Waals surface area contributed by atoms with E-state index in [4.69, 9.17) is 17.2 Å². The Morgan fingerprint density at radius 2 is 1.98 bits per heavy atom. The number of hydrogen-bond donors (Lipinski definition) is 4. The number of nitrogens with one attached hydrogen (secondary N) is 1. The van der Waals surface area contributed by atoms with Gasteiger partial charge in [-0.05, 0) is 59.4 Å². The van der Waals surface area contributed by atoms with E-state index in [-0.39, 0.29) is 17.9 Å². The molecular weight excluding hydrogens is 536 g/mol. The number of nitrogens with zero attached hydrogens (tertiary/aromatic N) is 2. The van der Waals surface area contributed by atoms with Crippen LogP contribution >= 0.6 is 11.3 Å². The molecule has 2 amide bonds. The van der Waals surface area contributed by atoms with Crippen LogP contribution in [0.1, 0.15) is 45.2 Å². The Morgan fingerprint density at radius 1 is 1.17 bits per heavy atom. The molecule has 1 aliphatic heterocycles. The average Bonchev–Trinajstić information content (AvgIpc) is 3.42. The summed E-state index contributed by atoms with van der Waals surface area (Å²) in [5.41, 5.74) is 22.3. The van der Waals surface area contributed by atoms with Gasteiger partial charge in [0.1, 0.15) is 5.54 Å². The predicted molar refractivity (Wildman–Crippen MR) is 160 cm³/mol. The summed E-state index contributed by atoms with van der Waals surface area (Å²) in [6.07, 6.45) is 6.21. The SMILES string of the molecule is C=CC(=O)N1CCCC(NC(=O)c2sc3c(N)ccc4c3c2C(N)C(=O)C4(N)c2cccc(-c3cccnc3)c2)C1. The Hall–Kier alpha value is -4.38. The molecule has 7 N–H and O–H groups in total. The molecular formula is C31H30N6O3S. The fourth-order valence-corrected chi connectivity index (χ4v) is 7.20. The number of carbonyl (C=O) groups is 3. The zero-order chi connectivity index (χ0) is 28.9. The molecule has 3 unspecified atom stereocenters. The molecule has 3 atom stereocenters. The molecule has 2 aliphatic rings. The summed E-state index contributed by atoms with van der Waals surface area (Å²) in [6.45, 7) is 4.56. The lowest BCUT2D eigenvalue weighted by atomic mass is 9.70. The Morgan fingerprint density at radius 3 is 2.73 bits per heavy atom. The lowest BCUT2D eigenvalue weighted by Gasteiger charge is -2.37. The molecule has 2 aromatic carbocycles. The highest BCUT2D eigenvalue weighted by Gasteiger charge is 2.49. The summed E-state index contributed by atoms with van der Waals surface area (Å²) in [5.74, 6) is -0.930. The van der Waals surface area contributed by atoms with Crippen LogP contribution in [0.2, 0.25) is 0 Å². The maximum absolute atomic E-state index is 14.1. The number of pyridine rings is 1. The number of nitrogens with two attached hydrogens (primary N) is 3. The number of piperidine rings is 1. The molecule has 0 bridgehead atoms. The van der Waals surface area contributed by atoms with Crippen molar-refractivity contribution in [2.75, 3.05) is 18.8 Å². The van der Waals surface area contributed by atoms with Crippen molar-refractivity contribution in [3.05, 3.63) is 95.1 Å². The first-order valence-corrected chi connectivity index (χ1v) is 14.2. The van der Waals surface area contributed by atoms with E-state index in [0.29, 0.717) is 50.4 Å². The molecule has 2 aromatic heterocycles. The van der Waals surface area contributed by atoms with Crippen LogP contribution in [0.4, 0.5) is 5.69 Å². The third-order valence-electron chi connectivity index (χ3n) is 8.08. The Kier molecular flexibility index (Phi) is 6.69. The zero-order valence-corrected chi connectivity index (χ0v) is 23.1. The highest BCUT2D eigenvalue weighted by Crippen LogP contribution is 2.49. The number of rotatable bonds is 5. The van der Waals surface area contributed by atoms with Crippen molar-refractivity contribution in [3.63, 3.8) is 0 Å². The van der Waals surface area contributed by atoms with E-state index in [0.717, 1.165) is 24.0 Å². The molecule has 0 saturated carbocycles. The number of carbonyl (C=O) groups excluding carboxylic acids is 3. The average molecular weight is 567 g/mol. The van der Waals surface area contributed by atoms with Crippen LogP contribution < -0.4 is 22.5 Å². The van der Waals surface area contributed by atoms with Gasteiger partial charge in [0.25, 0.3) is 5.91 Å². The predicted octanol–water partition coefficient (Wildman–Crippen LogP) is 3.24. The zero-order valence-electron chi connectivity index (χ0n) is 22.3. The summed E-state index contributed by atoms with van der Waals surface area (Å²) in [4.78, 5) is 46.1. The van der Waals surface area contributed by atoms with Crippen molar-refractivity contribution < 1.29 is 14.4 Å². The molecule has 0 spiro atoms. The summed E-state index contributed by atoms with van der Waals surface area (Å²) in [6, 6.07) is 13.4. The Balaban J connectivity index is 1.43. The second kappa shape index (κ2) is 10.2. The van der Waals surface area contributed by atoms with E-state index in [1.54, 1.807) is 29.4 Å². The first-order chi connectivity index (χ1) is 19.7. The van der Waals surface area contributed by atoms with E-state index < -0.39 is 17.4 Å². The van der Waals surface area contributed by atoms with Gasteiger partial charge in [-0.2, -0.15) is 0 Å². The van der Waals surface area contributed by atoms with Gasteiger partial charge in [0.05, 0.1) is 15.6 Å². The lowest BCUT2D eigenvalue weighted by Crippen LogP contribution is -2.53. The monoisotopic (exact) mass is 566 g/mol. The first kappa shape index (κ1) is 26.8. The van der Waals surface area contributed by atoms with Crippen molar-refractivity contribution in [3.8, 4) is 11.1 Å². The number of amides is 2. The van der Waals surface area contributed by atoms with Gasteiger partial charge in [-0.15, -0.1) is 11.3 Å². The van der Waals surface area contributed by atoms with Crippen molar-refractivity contribution >= 4 is 44.7 Å². The van der Waals surface area contributed by atoms with Crippen molar-refractivity contribution in [1.29, 1.82) is 0 Å². The second-order valence-corrected chi connectivity index (χ2v) is 11.5. The molecule has 4 aromatic rings. The number of Topliss-reactive ketones (excluding diaryl/α,β-unsaturated/α-hetero) is 1. The third kappa shape index (κ3) is 4.31. The molecule has 3 heterocycles. The minimum atomic E-state index is -1.56. The van der Waals surface area contributed by atoms with Gasteiger partial charge in [0.15, 0.2) is 5.78 Å². The Labute approximate surface area is 241 Å². The van der Waals surface area contributed by atoms with E-state index in [1.807, 2.05) is 36.4 Å². The number of likely N-dealkylation sites (tertiary alicyclic amines) is 1. The van der Waals surface area contributed by atoms with Crippen LogP contribution in [0.3, 0.4) is 0 Å². The van der Waals surface area contributed by atoms with Gasteiger partial charge in [-0.25, -0.2) is 0 Å². The molecule has 0 radical (unpaired) electrons. The number of hydrogen-bond acceptors (Lipinski definition) is 8. The number of aromatic nitrogens is 1. The number of thiophene rings is 1. The minimum Gasteiger partial charge on any atom is -0.398 e. The molecule has 10 heteroatoms. The summed E-state index contributed by atoms with van der Waals surface area (Å²) in [7, 11) is 0. The molecule has 1 saturated heterocycles. The van der Waals surface area contributed by atoms with Crippen LogP contribution in [-0.2, 0) is 15.1 Å². The largest absolute Gasteiger partial charge is 0.398 e. The van der Waals surface area contributed by atoms with Gasteiger partial charge in [0, 0.05) is 48.2 Å². The van der Waals surface area contributed by atoms with E-state index in [9.17, 15) is 14.4 Å². The topological polar surface area (TPSA) is 157 Å². The first-order valence-electron chi connectivity index (χ1n) is 13.4. The number of anilines is 1. The van der Waals surface area contributed by atoms with Gasteiger partial charge >= 0.3 is 0 Å². The molecule has 1 aliphatic carbocycles. The van der Waals surface area contributed by atoms with Crippen LogP contribution in [0.25, 0.3) is 21.2 Å². The van der Waals surface area contributed by atoms with Crippen LogP contribution in [-0.4, -0.2) is 46.6 Å². The summed E-state index contributed by atoms with van der Waals surface area (Å²) in [5, 5.41) is 3.70. The number of nitrogen functional groups attached to an aromatic ring is 1. The normalized spacial score (nSPS) is 22.0. The molecule has 6 rings (SSSR count). The van der Waals surface area contributed by atoms with Crippen LogP contribution in [0, 0.1) is 0 Å². The highest BCUT2D eigenvalue weighted by molar-refractivity contribution is 7.21. The maximum Gasteiger partial charge on any atom is 0.262 e. The fourth-order valence-electron chi connectivity index (χ4n) is 6.00. The Bertz CT molecular complexity index is 1720. The van der Waals surface area contributed by atoms with Crippen molar-refractivity contribution in [2.24, 2.45) is 11.5 Å². The number of ketones is 1. The standard InChI is InChI=1S/C31H30N6O3S/c1-2-23(38)37-13-5-9-20(16-37)36-30(40)28-25-24-21(10-11-22(32)27(24)41-28)31(34,29(39)26(25)33)19-8-3-6-17(14-19)18-7-4-12-35-15-18/h2-4,6-8,10-12,14-15,20,26H,1,5,9,13,16,32-34H2,(H,36,40). The van der Waals surface area contributed by atoms with E-state index in [1.165, 1.54) is 17.4 Å². The van der Waals surface area contributed by atoms with Gasteiger partial charge in [0.2, 0.25) is 5.91 Å². The van der Waals surface area contributed by atoms with Gasteiger partial charge in [-0.1, -0.05) is 36.9 Å². The fraction of sp³-hybridized carbons (Fsp3) is 0.226. The molecule has 208 valence electrons. The molecule has 9 nitrogen and oxygen atoms in total. The molecule has 1 fully saturated rings. The minimum absolute atomic E-state index is 0.169. The summed E-state index contributed by atoms with van der Waals surface area (Å²) < 4.78 is 0.663. The second-order valence-electron chi connectivity index (χ2n) is 10.5. The quantitative estimate of drug-likeness (QED) is 0.213. The van der Waals surface area contributed by atoms with Crippen LogP contribution in [0.5, 0.6) is 0 Å². The number of benzene rings is 2. The third-order valence-corrected chi connectivity index (χ3v) is 9.33.